The fourth-order valence-corrected chi connectivity index (χ4v) is 3.62. The van der Waals surface area contributed by atoms with Crippen LogP contribution in [0.5, 0.6) is 0 Å². The molecule has 0 bridgehead atoms. The molecule has 2 aromatic rings. The lowest BCUT2D eigenvalue weighted by molar-refractivity contribution is -0.120. The van der Waals surface area contributed by atoms with E-state index in [0.29, 0.717) is 0 Å². The van der Waals surface area contributed by atoms with Crippen LogP contribution in [0.15, 0.2) is 28.6 Å². The molecule has 1 heterocycles. The third kappa shape index (κ3) is 3.03. The van der Waals surface area contributed by atoms with Gasteiger partial charge in [0.15, 0.2) is 4.34 Å². The zero-order valence-electron chi connectivity index (χ0n) is 9.84. The van der Waals surface area contributed by atoms with Gasteiger partial charge in [-0.05, 0) is 19.1 Å². The highest BCUT2D eigenvalue weighted by Crippen LogP contribution is 2.31. The molecule has 18 heavy (non-hydrogen) atoms. The quantitative estimate of drug-likeness (QED) is 0.689. The van der Waals surface area contributed by atoms with E-state index in [4.69, 9.17) is 6.42 Å². The third-order valence-corrected chi connectivity index (χ3v) is 4.52. The molecule has 1 atom stereocenters. The molecule has 1 aromatic heterocycles. The van der Waals surface area contributed by atoms with Gasteiger partial charge < -0.3 is 5.32 Å². The molecule has 1 unspecified atom stereocenters. The van der Waals surface area contributed by atoms with Gasteiger partial charge in [0.05, 0.1) is 22.0 Å². The van der Waals surface area contributed by atoms with Crippen molar-refractivity contribution < 1.29 is 4.79 Å². The van der Waals surface area contributed by atoms with Gasteiger partial charge in [0, 0.05) is 0 Å². The molecule has 0 spiro atoms. The molecule has 0 aliphatic carbocycles. The molecule has 0 aliphatic heterocycles. The summed E-state index contributed by atoms with van der Waals surface area (Å²) in [6, 6.07) is 7.94. The monoisotopic (exact) mass is 276 g/mol. The van der Waals surface area contributed by atoms with E-state index in [0.717, 1.165) is 14.6 Å². The second-order valence-electron chi connectivity index (χ2n) is 3.63. The summed E-state index contributed by atoms with van der Waals surface area (Å²) in [5, 5.41) is 2.47. The van der Waals surface area contributed by atoms with E-state index >= 15 is 0 Å². The summed E-state index contributed by atoms with van der Waals surface area (Å²) >= 11 is 3.05. The second kappa shape index (κ2) is 5.89. The highest BCUT2D eigenvalue weighted by atomic mass is 32.2. The first-order chi connectivity index (χ1) is 8.70. The van der Waals surface area contributed by atoms with Crippen LogP contribution in [0.4, 0.5) is 0 Å². The maximum Gasteiger partial charge on any atom is 0.234 e. The third-order valence-electron chi connectivity index (χ3n) is 2.29. The average molecular weight is 276 g/mol. The molecule has 2 rings (SSSR count). The molecular weight excluding hydrogens is 264 g/mol. The lowest BCUT2D eigenvalue weighted by atomic mass is 10.3. The number of fused-ring (bicyclic) bond motifs is 1. The molecule has 3 nitrogen and oxygen atoms in total. The van der Waals surface area contributed by atoms with Gasteiger partial charge in [-0.15, -0.1) is 17.8 Å². The average Bonchev–Trinajstić information content (AvgIpc) is 2.77. The molecule has 0 fully saturated rings. The zero-order chi connectivity index (χ0) is 13.0. The smallest absolute Gasteiger partial charge is 0.234 e. The molecule has 92 valence electrons. The summed E-state index contributed by atoms with van der Waals surface area (Å²) in [6.45, 7) is 2.12. The van der Waals surface area contributed by atoms with Crippen LogP contribution < -0.4 is 5.32 Å². The summed E-state index contributed by atoms with van der Waals surface area (Å²) in [7, 11) is 0. The van der Waals surface area contributed by atoms with Gasteiger partial charge in [-0.25, -0.2) is 4.98 Å². The van der Waals surface area contributed by atoms with Crippen molar-refractivity contribution in [3.63, 3.8) is 0 Å². The van der Waals surface area contributed by atoms with Crippen LogP contribution >= 0.6 is 23.1 Å². The number of rotatable bonds is 4. The molecule has 5 heteroatoms. The number of hydrogen-bond acceptors (Lipinski definition) is 4. The maximum absolute atomic E-state index is 11.7. The van der Waals surface area contributed by atoms with E-state index in [1.807, 2.05) is 31.2 Å². The Hall–Kier alpha value is -1.51. The largest absolute Gasteiger partial charge is 0.344 e. The van der Waals surface area contributed by atoms with E-state index in [2.05, 4.69) is 16.2 Å². The van der Waals surface area contributed by atoms with Crippen LogP contribution in [0, 0.1) is 12.3 Å². The minimum absolute atomic E-state index is 0.0581. The van der Waals surface area contributed by atoms with Crippen molar-refractivity contribution in [3.8, 4) is 12.3 Å². The molecule has 0 saturated heterocycles. The lowest BCUT2D eigenvalue weighted by Gasteiger charge is -2.07. The number of thiazole rings is 1. The molecule has 1 N–H and O–H groups in total. The van der Waals surface area contributed by atoms with E-state index < -0.39 is 0 Å². The normalized spacial score (nSPS) is 12.0. The van der Waals surface area contributed by atoms with Crippen molar-refractivity contribution in [2.75, 3.05) is 6.54 Å². The lowest BCUT2D eigenvalue weighted by Crippen LogP contribution is -2.30. The summed E-state index contributed by atoms with van der Waals surface area (Å²) < 4.78 is 2.04. The van der Waals surface area contributed by atoms with Crippen molar-refractivity contribution in [3.05, 3.63) is 24.3 Å². The van der Waals surface area contributed by atoms with Gasteiger partial charge in [-0.2, -0.15) is 0 Å². The summed E-state index contributed by atoms with van der Waals surface area (Å²) in [6.07, 6.45) is 5.10. The van der Waals surface area contributed by atoms with Crippen LogP contribution in [0.2, 0.25) is 0 Å². The van der Waals surface area contributed by atoms with E-state index in [1.165, 1.54) is 11.8 Å². The first-order valence-electron chi connectivity index (χ1n) is 5.44. The number of hydrogen-bond donors (Lipinski definition) is 1. The van der Waals surface area contributed by atoms with Crippen molar-refractivity contribution >= 4 is 39.2 Å². The Morgan fingerprint density at radius 2 is 2.39 bits per heavy atom. The van der Waals surface area contributed by atoms with E-state index in [1.54, 1.807) is 11.3 Å². The Kier molecular flexibility index (Phi) is 4.24. The van der Waals surface area contributed by atoms with Gasteiger partial charge in [-0.1, -0.05) is 29.8 Å². The first kappa shape index (κ1) is 12.9. The standard InChI is InChI=1S/C13H12N2OS2/c1-3-8-14-12(16)9(2)17-13-15-10-6-4-5-7-11(10)18-13/h1,4-7,9H,8H2,2H3,(H,14,16). The zero-order valence-corrected chi connectivity index (χ0v) is 11.5. The first-order valence-corrected chi connectivity index (χ1v) is 7.13. The van der Waals surface area contributed by atoms with Gasteiger partial charge in [0.1, 0.15) is 0 Å². The number of terminal acetylenes is 1. The van der Waals surface area contributed by atoms with Crippen LogP contribution in [-0.2, 0) is 4.79 Å². The van der Waals surface area contributed by atoms with Crippen LogP contribution in [0.3, 0.4) is 0 Å². The highest BCUT2D eigenvalue weighted by Gasteiger charge is 2.15. The maximum atomic E-state index is 11.7. The van der Waals surface area contributed by atoms with Gasteiger partial charge in [0.2, 0.25) is 5.91 Å². The summed E-state index contributed by atoms with van der Waals surface area (Å²) in [5.41, 5.74) is 0.973. The number of carbonyl (C=O) groups is 1. The molecule has 1 aromatic carbocycles. The van der Waals surface area contributed by atoms with Crippen molar-refractivity contribution in [1.82, 2.24) is 10.3 Å². The van der Waals surface area contributed by atoms with Gasteiger partial charge in [-0.3, -0.25) is 4.79 Å². The predicted octanol–water partition coefficient (Wildman–Crippen LogP) is 2.53. The number of nitrogens with zero attached hydrogens (tertiary/aromatic N) is 1. The highest BCUT2D eigenvalue weighted by molar-refractivity contribution is 8.02. The Morgan fingerprint density at radius 1 is 1.61 bits per heavy atom. The molecule has 1 amide bonds. The number of aromatic nitrogens is 1. The van der Waals surface area contributed by atoms with E-state index in [-0.39, 0.29) is 17.7 Å². The topological polar surface area (TPSA) is 42.0 Å². The number of amides is 1. The number of benzene rings is 1. The molecule has 0 radical (unpaired) electrons. The Labute approximate surface area is 114 Å². The van der Waals surface area contributed by atoms with Crippen LogP contribution in [0.1, 0.15) is 6.92 Å². The Morgan fingerprint density at radius 3 is 3.11 bits per heavy atom. The number of thioether (sulfide) groups is 1. The Bertz CT molecular complexity index is 567. The Balaban J connectivity index is 2.04. The molecule has 0 saturated carbocycles. The summed E-state index contributed by atoms with van der Waals surface area (Å²) in [4.78, 5) is 16.1. The SMILES string of the molecule is C#CCNC(=O)C(C)Sc1nc2ccccc2s1. The minimum atomic E-state index is -0.195. The minimum Gasteiger partial charge on any atom is -0.344 e. The fraction of sp³-hybridized carbons (Fsp3) is 0.231. The van der Waals surface area contributed by atoms with Crippen LogP contribution in [0.25, 0.3) is 10.2 Å². The number of para-hydroxylation sites is 1. The molecule has 0 aliphatic rings. The van der Waals surface area contributed by atoms with Crippen LogP contribution in [-0.4, -0.2) is 22.7 Å². The number of nitrogens with one attached hydrogen (secondary N) is 1. The fourth-order valence-electron chi connectivity index (χ4n) is 1.39. The van der Waals surface area contributed by atoms with Crippen molar-refractivity contribution in [2.45, 2.75) is 16.5 Å². The number of carbonyl (C=O) groups excluding carboxylic acids is 1. The second-order valence-corrected chi connectivity index (χ2v) is 6.25. The van der Waals surface area contributed by atoms with Crippen molar-refractivity contribution in [2.24, 2.45) is 0 Å². The van der Waals surface area contributed by atoms with E-state index in [9.17, 15) is 4.79 Å². The summed E-state index contributed by atoms with van der Waals surface area (Å²) in [5.74, 6) is 2.33. The van der Waals surface area contributed by atoms with Gasteiger partial charge in [0.25, 0.3) is 0 Å². The van der Waals surface area contributed by atoms with Crippen molar-refractivity contribution in [1.29, 1.82) is 0 Å². The van der Waals surface area contributed by atoms with Gasteiger partial charge >= 0.3 is 0 Å². The predicted molar refractivity (Wildman–Crippen MR) is 76.8 cm³/mol. The molecular formula is C13H12N2OS2.